The van der Waals surface area contributed by atoms with Gasteiger partial charge in [0.1, 0.15) is 0 Å². The van der Waals surface area contributed by atoms with Gasteiger partial charge in [-0.05, 0) is 37.5 Å². The number of carbonyl (C=O) groups is 2. The van der Waals surface area contributed by atoms with Crippen LogP contribution in [0.4, 0.5) is 16.4 Å². The molecule has 2 aromatic rings. The summed E-state index contributed by atoms with van der Waals surface area (Å²) in [6.07, 6.45) is 5.00. The van der Waals surface area contributed by atoms with E-state index >= 15 is 0 Å². The van der Waals surface area contributed by atoms with Crippen molar-refractivity contribution in [3.63, 3.8) is 0 Å². The number of fused-ring (bicyclic) bond motifs is 2. The lowest BCUT2D eigenvalue weighted by Gasteiger charge is -2.42. The van der Waals surface area contributed by atoms with Crippen molar-refractivity contribution in [3.05, 3.63) is 48.3 Å². The third-order valence-electron chi connectivity index (χ3n) is 6.90. The monoisotopic (exact) mass is 406 g/mol. The average Bonchev–Trinajstić information content (AvgIpc) is 3.32. The lowest BCUT2D eigenvalue weighted by Crippen LogP contribution is -2.56. The highest BCUT2D eigenvalue weighted by molar-refractivity contribution is 5.90. The maximum Gasteiger partial charge on any atom is 0.321 e. The van der Waals surface area contributed by atoms with Gasteiger partial charge < -0.3 is 20.4 Å². The Balaban J connectivity index is 1.26. The maximum atomic E-state index is 12.8. The predicted octanol–water partition coefficient (Wildman–Crippen LogP) is 2.03. The second-order valence-corrected chi connectivity index (χ2v) is 8.54. The number of amides is 3. The van der Waals surface area contributed by atoms with Gasteiger partial charge in [-0.15, -0.1) is 0 Å². The smallest absolute Gasteiger partial charge is 0.321 e. The molecule has 3 fully saturated rings. The summed E-state index contributed by atoms with van der Waals surface area (Å²) in [4.78, 5) is 38.2. The molecule has 156 valence electrons. The summed E-state index contributed by atoms with van der Waals surface area (Å²) >= 11 is 0. The molecule has 5 rings (SSSR count). The van der Waals surface area contributed by atoms with Crippen LogP contribution in [0.25, 0.3) is 0 Å². The van der Waals surface area contributed by atoms with Crippen molar-refractivity contribution in [2.24, 2.45) is 11.8 Å². The molecule has 0 unspecified atom stereocenters. The predicted molar refractivity (Wildman–Crippen MR) is 113 cm³/mol. The highest BCUT2D eigenvalue weighted by Gasteiger charge is 2.57. The van der Waals surface area contributed by atoms with Crippen LogP contribution in [0, 0.1) is 18.8 Å². The first kappa shape index (κ1) is 18.8. The quantitative estimate of drug-likeness (QED) is 0.797. The van der Waals surface area contributed by atoms with Crippen LogP contribution in [0.2, 0.25) is 0 Å². The number of piperidine rings is 1. The average molecular weight is 406 g/mol. The molecule has 3 saturated heterocycles. The Bertz CT molecular complexity index is 957. The number of urea groups is 1. The van der Waals surface area contributed by atoms with Crippen LogP contribution in [-0.2, 0) is 4.79 Å². The van der Waals surface area contributed by atoms with Gasteiger partial charge in [0.25, 0.3) is 0 Å². The fraction of sp³-hybridized carbons (Fsp3) is 0.455. The van der Waals surface area contributed by atoms with E-state index in [0.717, 1.165) is 30.6 Å². The Morgan fingerprint density at radius 2 is 1.87 bits per heavy atom. The zero-order chi connectivity index (χ0) is 20.7. The fourth-order valence-corrected chi connectivity index (χ4v) is 5.19. The number of likely N-dealkylation sites (tertiary alicyclic amines) is 1. The lowest BCUT2D eigenvalue weighted by atomic mass is 9.75. The maximum absolute atomic E-state index is 12.8. The first-order chi connectivity index (χ1) is 14.6. The number of nitrogens with one attached hydrogen (secondary N) is 2. The standard InChI is InChI=1S/C22H26N6O2/c1-15-5-2-3-6-18(15)25-21(30)27-11-7-22(8-12-27)17-14-28(13-16(17)19(29)26-22)20-23-9-4-10-24-20/h2-6,9-10,16-17H,7-8,11-14H2,1H3,(H,25,30)(H,26,29)/t16-,17+/m1/s1. The lowest BCUT2D eigenvalue weighted by molar-refractivity contribution is -0.122. The van der Waals surface area contributed by atoms with E-state index in [0.29, 0.717) is 25.6 Å². The van der Waals surface area contributed by atoms with Crippen LogP contribution in [0.3, 0.4) is 0 Å². The number of aryl methyl sites for hydroxylation is 1. The Morgan fingerprint density at radius 3 is 2.60 bits per heavy atom. The summed E-state index contributed by atoms with van der Waals surface area (Å²) < 4.78 is 0. The fourth-order valence-electron chi connectivity index (χ4n) is 5.19. The van der Waals surface area contributed by atoms with E-state index in [1.54, 1.807) is 18.5 Å². The van der Waals surface area contributed by atoms with Crippen LogP contribution in [0.1, 0.15) is 18.4 Å². The largest absolute Gasteiger partial charge is 0.350 e. The minimum Gasteiger partial charge on any atom is -0.350 e. The Hall–Kier alpha value is -3.16. The van der Waals surface area contributed by atoms with Crippen molar-refractivity contribution in [2.45, 2.75) is 25.3 Å². The van der Waals surface area contributed by atoms with E-state index in [9.17, 15) is 9.59 Å². The molecule has 1 aromatic heterocycles. The zero-order valence-electron chi connectivity index (χ0n) is 17.0. The summed E-state index contributed by atoms with van der Waals surface area (Å²) in [7, 11) is 0. The highest BCUT2D eigenvalue weighted by atomic mass is 16.2. The molecule has 3 aliphatic heterocycles. The Kier molecular flexibility index (Phi) is 4.56. The van der Waals surface area contributed by atoms with E-state index in [1.165, 1.54) is 0 Å². The number of carbonyl (C=O) groups excluding carboxylic acids is 2. The number of rotatable bonds is 2. The second kappa shape index (κ2) is 7.27. The molecule has 0 aliphatic carbocycles. The molecule has 2 atom stereocenters. The molecule has 1 aromatic carbocycles. The van der Waals surface area contributed by atoms with Crippen LogP contribution in [-0.4, -0.2) is 58.5 Å². The SMILES string of the molecule is Cc1ccccc1NC(=O)N1CCC2(CC1)NC(=O)[C@@H]1CN(c3ncccn3)C[C@@H]12. The number of hydrogen-bond donors (Lipinski definition) is 2. The van der Waals surface area contributed by atoms with Crippen LogP contribution in [0.15, 0.2) is 42.7 Å². The number of anilines is 2. The Morgan fingerprint density at radius 1 is 1.13 bits per heavy atom. The molecular formula is C22H26N6O2. The summed E-state index contributed by atoms with van der Waals surface area (Å²) in [6, 6.07) is 9.50. The van der Waals surface area contributed by atoms with E-state index in [1.807, 2.05) is 36.1 Å². The number of hydrogen-bond acceptors (Lipinski definition) is 5. The zero-order valence-corrected chi connectivity index (χ0v) is 17.0. The summed E-state index contributed by atoms with van der Waals surface area (Å²) in [5, 5.41) is 6.31. The first-order valence-electron chi connectivity index (χ1n) is 10.5. The van der Waals surface area contributed by atoms with Crippen LogP contribution < -0.4 is 15.5 Å². The molecule has 0 saturated carbocycles. The Labute approximate surface area is 175 Å². The molecule has 8 nitrogen and oxygen atoms in total. The van der Waals surface area contributed by atoms with Crippen molar-refractivity contribution in [1.82, 2.24) is 20.2 Å². The molecule has 3 amide bonds. The molecule has 1 spiro atoms. The van der Waals surface area contributed by atoms with Gasteiger partial charge >= 0.3 is 6.03 Å². The van der Waals surface area contributed by atoms with Gasteiger partial charge in [0, 0.05) is 55.7 Å². The molecule has 2 N–H and O–H groups in total. The van der Waals surface area contributed by atoms with E-state index in [4.69, 9.17) is 0 Å². The van der Waals surface area contributed by atoms with Gasteiger partial charge in [0.2, 0.25) is 11.9 Å². The van der Waals surface area contributed by atoms with E-state index < -0.39 is 0 Å². The minimum absolute atomic E-state index is 0.0406. The van der Waals surface area contributed by atoms with Gasteiger partial charge in [-0.25, -0.2) is 14.8 Å². The molecule has 30 heavy (non-hydrogen) atoms. The van der Waals surface area contributed by atoms with Crippen molar-refractivity contribution < 1.29 is 9.59 Å². The van der Waals surface area contributed by atoms with E-state index in [2.05, 4.69) is 25.5 Å². The topological polar surface area (TPSA) is 90.5 Å². The number of benzene rings is 1. The van der Waals surface area contributed by atoms with Crippen LogP contribution >= 0.6 is 0 Å². The van der Waals surface area contributed by atoms with Gasteiger partial charge in [0.15, 0.2) is 0 Å². The van der Waals surface area contributed by atoms with Crippen LogP contribution in [0.5, 0.6) is 0 Å². The third kappa shape index (κ3) is 3.16. The summed E-state index contributed by atoms with van der Waals surface area (Å²) in [5.41, 5.74) is 1.63. The van der Waals surface area contributed by atoms with Gasteiger partial charge in [0.05, 0.1) is 5.92 Å². The van der Waals surface area contributed by atoms with Crippen molar-refractivity contribution in [3.8, 4) is 0 Å². The molecule has 0 bridgehead atoms. The number of para-hydroxylation sites is 1. The molecule has 0 radical (unpaired) electrons. The second-order valence-electron chi connectivity index (χ2n) is 8.54. The van der Waals surface area contributed by atoms with Gasteiger partial charge in [-0.3, -0.25) is 4.79 Å². The molecular weight excluding hydrogens is 380 g/mol. The number of aromatic nitrogens is 2. The summed E-state index contributed by atoms with van der Waals surface area (Å²) in [6.45, 7) is 4.66. The molecule has 3 aliphatic rings. The summed E-state index contributed by atoms with van der Waals surface area (Å²) in [5.74, 6) is 0.984. The molecule has 4 heterocycles. The normalized spacial score (nSPS) is 24.6. The highest BCUT2D eigenvalue weighted by Crippen LogP contribution is 2.44. The first-order valence-corrected chi connectivity index (χ1v) is 10.5. The number of nitrogens with zero attached hydrogens (tertiary/aromatic N) is 4. The van der Waals surface area contributed by atoms with Crippen molar-refractivity contribution >= 4 is 23.6 Å². The van der Waals surface area contributed by atoms with Crippen molar-refractivity contribution in [2.75, 3.05) is 36.4 Å². The van der Waals surface area contributed by atoms with E-state index in [-0.39, 0.29) is 29.3 Å². The van der Waals surface area contributed by atoms with Gasteiger partial charge in [-0.2, -0.15) is 0 Å². The van der Waals surface area contributed by atoms with Crippen molar-refractivity contribution in [1.29, 1.82) is 0 Å². The minimum atomic E-state index is -0.245. The third-order valence-corrected chi connectivity index (χ3v) is 6.90. The molecule has 8 heteroatoms. The van der Waals surface area contributed by atoms with Gasteiger partial charge in [-0.1, -0.05) is 18.2 Å².